The summed E-state index contributed by atoms with van der Waals surface area (Å²) >= 11 is 0. The SMILES string of the molecule is Cc1c(-c2ccccc2)oc2c(C(=O)OCc3ccc(C#N)cc3)cccc2c1=O. The number of benzene rings is 3. The van der Waals surface area contributed by atoms with Gasteiger partial charge < -0.3 is 9.15 Å². The van der Waals surface area contributed by atoms with E-state index in [0.29, 0.717) is 22.3 Å². The summed E-state index contributed by atoms with van der Waals surface area (Å²) in [5.74, 6) is -0.156. The predicted molar refractivity (Wildman–Crippen MR) is 113 cm³/mol. The highest BCUT2D eigenvalue weighted by Crippen LogP contribution is 2.27. The zero-order valence-corrected chi connectivity index (χ0v) is 16.2. The van der Waals surface area contributed by atoms with Crippen molar-refractivity contribution in [2.24, 2.45) is 0 Å². The van der Waals surface area contributed by atoms with Crippen LogP contribution < -0.4 is 5.43 Å². The Balaban J connectivity index is 1.71. The fourth-order valence-corrected chi connectivity index (χ4v) is 3.24. The van der Waals surface area contributed by atoms with Crippen molar-refractivity contribution in [2.75, 3.05) is 0 Å². The summed E-state index contributed by atoms with van der Waals surface area (Å²) in [5, 5.41) is 9.20. The lowest BCUT2D eigenvalue weighted by molar-refractivity contribution is 0.0474. The number of para-hydroxylation sites is 1. The van der Waals surface area contributed by atoms with Crippen molar-refractivity contribution in [3.05, 3.63) is 105 Å². The molecule has 3 aromatic carbocycles. The number of fused-ring (bicyclic) bond motifs is 1. The van der Waals surface area contributed by atoms with Crippen molar-refractivity contribution in [1.82, 2.24) is 0 Å². The summed E-state index contributed by atoms with van der Waals surface area (Å²) in [4.78, 5) is 25.7. The molecule has 4 rings (SSSR count). The van der Waals surface area contributed by atoms with Crippen LogP contribution in [0.2, 0.25) is 0 Å². The second-order valence-corrected chi connectivity index (χ2v) is 6.82. The Morgan fingerprint density at radius 3 is 2.43 bits per heavy atom. The third-order valence-corrected chi connectivity index (χ3v) is 4.85. The fourth-order valence-electron chi connectivity index (χ4n) is 3.24. The molecule has 0 radical (unpaired) electrons. The third-order valence-electron chi connectivity index (χ3n) is 4.85. The Kier molecular flexibility index (Phi) is 5.15. The van der Waals surface area contributed by atoms with E-state index in [9.17, 15) is 9.59 Å². The van der Waals surface area contributed by atoms with E-state index in [0.717, 1.165) is 11.1 Å². The summed E-state index contributed by atoms with van der Waals surface area (Å²) in [6, 6.07) is 23.0. The normalized spacial score (nSPS) is 10.5. The van der Waals surface area contributed by atoms with Gasteiger partial charge in [0.15, 0.2) is 11.0 Å². The van der Waals surface area contributed by atoms with Crippen LogP contribution in [0.25, 0.3) is 22.3 Å². The van der Waals surface area contributed by atoms with Gasteiger partial charge in [-0.25, -0.2) is 4.79 Å². The topological polar surface area (TPSA) is 80.3 Å². The number of carbonyl (C=O) groups is 1. The molecule has 0 spiro atoms. The van der Waals surface area contributed by atoms with E-state index in [2.05, 4.69) is 0 Å². The first kappa shape index (κ1) is 19.2. The van der Waals surface area contributed by atoms with Crippen LogP contribution in [-0.4, -0.2) is 5.97 Å². The standard InChI is InChI=1S/C25H17NO4/c1-16-22(27)20-8-5-9-21(24(20)30-23(16)19-6-3-2-4-7-19)25(28)29-15-18-12-10-17(14-26)11-13-18/h2-13H,15H2,1H3. The lowest BCUT2D eigenvalue weighted by Gasteiger charge is -2.10. The Bertz CT molecular complexity index is 1330. The molecule has 0 unspecified atom stereocenters. The smallest absolute Gasteiger partial charge is 0.342 e. The molecule has 0 bridgehead atoms. The first-order chi connectivity index (χ1) is 14.6. The van der Waals surface area contributed by atoms with E-state index < -0.39 is 5.97 Å². The maximum atomic E-state index is 12.9. The molecule has 0 saturated heterocycles. The van der Waals surface area contributed by atoms with Crippen LogP contribution in [0.15, 0.2) is 82.0 Å². The molecule has 0 N–H and O–H groups in total. The maximum Gasteiger partial charge on any atom is 0.342 e. The van der Waals surface area contributed by atoms with Gasteiger partial charge in [0.2, 0.25) is 0 Å². The molecule has 0 saturated carbocycles. The summed E-state index contributed by atoms with van der Waals surface area (Å²) in [5.41, 5.74) is 2.74. The zero-order valence-electron chi connectivity index (χ0n) is 16.2. The number of esters is 1. The van der Waals surface area contributed by atoms with Gasteiger partial charge in [0.1, 0.15) is 17.9 Å². The third kappa shape index (κ3) is 3.59. The van der Waals surface area contributed by atoms with Gasteiger partial charge in [-0.15, -0.1) is 0 Å². The van der Waals surface area contributed by atoms with Gasteiger partial charge in [-0.2, -0.15) is 5.26 Å². The van der Waals surface area contributed by atoms with Crippen LogP contribution in [0.3, 0.4) is 0 Å². The molecule has 0 atom stereocenters. The molecular formula is C25H17NO4. The van der Waals surface area contributed by atoms with Gasteiger partial charge in [-0.3, -0.25) is 4.79 Å². The first-order valence-electron chi connectivity index (χ1n) is 9.36. The average molecular weight is 395 g/mol. The van der Waals surface area contributed by atoms with Crippen molar-refractivity contribution >= 4 is 16.9 Å². The van der Waals surface area contributed by atoms with Crippen molar-refractivity contribution in [2.45, 2.75) is 13.5 Å². The molecule has 0 aliphatic carbocycles. The number of carbonyl (C=O) groups excluding carboxylic acids is 1. The highest BCUT2D eigenvalue weighted by Gasteiger charge is 2.19. The van der Waals surface area contributed by atoms with Crippen molar-refractivity contribution in [3.8, 4) is 17.4 Å². The summed E-state index contributed by atoms with van der Waals surface area (Å²) in [7, 11) is 0. The number of nitrogens with zero attached hydrogens (tertiary/aromatic N) is 1. The minimum Gasteiger partial charge on any atom is -0.457 e. The lowest BCUT2D eigenvalue weighted by Crippen LogP contribution is -2.11. The predicted octanol–water partition coefficient (Wildman–Crippen LogP) is 5.00. The number of rotatable bonds is 4. The van der Waals surface area contributed by atoms with Gasteiger partial charge in [0, 0.05) is 11.1 Å². The largest absolute Gasteiger partial charge is 0.457 e. The second kappa shape index (κ2) is 8.06. The Labute approximate surface area is 172 Å². The molecule has 30 heavy (non-hydrogen) atoms. The van der Waals surface area contributed by atoms with E-state index in [1.54, 1.807) is 49.4 Å². The van der Waals surface area contributed by atoms with Gasteiger partial charge in [-0.05, 0) is 36.8 Å². The molecule has 1 aromatic heterocycles. The van der Waals surface area contributed by atoms with Gasteiger partial charge in [-0.1, -0.05) is 48.5 Å². The van der Waals surface area contributed by atoms with E-state index in [1.165, 1.54) is 0 Å². The molecule has 0 amide bonds. The number of nitriles is 1. The summed E-state index contributed by atoms with van der Waals surface area (Å²) < 4.78 is 11.5. The molecule has 0 fully saturated rings. The van der Waals surface area contributed by atoms with E-state index in [1.807, 2.05) is 36.4 Å². The molecule has 5 nitrogen and oxygen atoms in total. The lowest BCUT2D eigenvalue weighted by atomic mass is 10.0. The highest BCUT2D eigenvalue weighted by atomic mass is 16.5. The van der Waals surface area contributed by atoms with Gasteiger partial charge in [0.25, 0.3) is 0 Å². The zero-order chi connectivity index (χ0) is 21.1. The van der Waals surface area contributed by atoms with Crippen LogP contribution >= 0.6 is 0 Å². The van der Waals surface area contributed by atoms with E-state index >= 15 is 0 Å². The quantitative estimate of drug-likeness (QED) is 0.455. The Morgan fingerprint density at radius 1 is 1.00 bits per heavy atom. The van der Waals surface area contributed by atoms with Crippen LogP contribution in [0.5, 0.6) is 0 Å². The monoisotopic (exact) mass is 395 g/mol. The van der Waals surface area contributed by atoms with Crippen LogP contribution in [0, 0.1) is 18.3 Å². The Morgan fingerprint density at radius 2 is 1.73 bits per heavy atom. The molecule has 5 heteroatoms. The minimum atomic E-state index is -0.587. The molecule has 0 aliphatic rings. The van der Waals surface area contributed by atoms with Gasteiger partial charge >= 0.3 is 5.97 Å². The van der Waals surface area contributed by atoms with Crippen molar-refractivity contribution in [1.29, 1.82) is 5.26 Å². The summed E-state index contributed by atoms with van der Waals surface area (Å²) in [6.45, 7) is 1.76. The summed E-state index contributed by atoms with van der Waals surface area (Å²) in [6.07, 6.45) is 0. The number of hydrogen-bond acceptors (Lipinski definition) is 5. The minimum absolute atomic E-state index is 0.0442. The van der Waals surface area contributed by atoms with Crippen molar-refractivity contribution < 1.29 is 13.9 Å². The molecule has 0 aliphatic heterocycles. The average Bonchev–Trinajstić information content (AvgIpc) is 2.80. The van der Waals surface area contributed by atoms with Gasteiger partial charge in [0.05, 0.1) is 17.0 Å². The Hall–Kier alpha value is -4.17. The second-order valence-electron chi connectivity index (χ2n) is 6.82. The molecule has 4 aromatic rings. The van der Waals surface area contributed by atoms with Crippen LogP contribution in [0.4, 0.5) is 0 Å². The van der Waals surface area contributed by atoms with E-state index in [4.69, 9.17) is 14.4 Å². The van der Waals surface area contributed by atoms with Crippen LogP contribution in [-0.2, 0) is 11.3 Å². The number of ether oxygens (including phenoxy) is 1. The maximum absolute atomic E-state index is 12.9. The molecular weight excluding hydrogens is 378 g/mol. The van der Waals surface area contributed by atoms with E-state index in [-0.39, 0.29) is 23.2 Å². The number of hydrogen-bond donors (Lipinski definition) is 0. The molecule has 1 heterocycles. The van der Waals surface area contributed by atoms with Crippen molar-refractivity contribution in [3.63, 3.8) is 0 Å². The fraction of sp³-hybridized carbons (Fsp3) is 0.0800. The highest BCUT2D eigenvalue weighted by molar-refractivity contribution is 6.02. The first-order valence-corrected chi connectivity index (χ1v) is 9.36. The van der Waals surface area contributed by atoms with Crippen LogP contribution in [0.1, 0.15) is 27.0 Å². The molecule has 146 valence electrons.